The molecular weight excluding hydrogens is 318 g/mol. The first-order chi connectivity index (χ1) is 9.21. The molecule has 0 fully saturated rings. The van der Waals surface area contributed by atoms with Gasteiger partial charge < -0.3 is 10.1 Å². The zero-order chi connectivity index (χ0) is 15.3. The number of ether oxygens (including phenoxy) is 1. The summed E-state index contributed by atoms with van der Waals surface area (Å²) in [5, 5.41) is 2.94. The highest BCUT2D eigenvalue weighted by Gasteiger charge is 2.18. The van der Waals surface area contributed by atoms with Crippen LogP contribution in [0.2, 0.25) is 0 Å². The quantitative estimate of drug-likeness (QED) is 0.830. The summed E-state index contributed by atoms with van der Waals surface area (Å²) in [5.74, 6) is 1.13. The molecule has 1 unspecified atom stereocenters. The number of carbonyl (C=O) groups excluding carboxylic acids is 1. The summed E-state index contributed by atoms with van der Waals surface area (Å²) in [6.07, 6.45) is 1.56. The minimum atomic E-state index is 0.0377. The van der Waals surface area contributed by atoms with Crippen LogP contribution in [-0.4, -0.2) is 13.0 Å². The number of halogens is 1. The summed E-state index contributed by atoms with van der Waals surface area (Å²) >= 11 is 3.43. The molecular formula is C16H24BrNO2. The van der Waals surface area contributed by atoms with Gasteiger partial charge in [-0.15, -0.1) is 0 Å². The van der Waals surface area contributed by atoms with Crippen LogP contribution in [0.25, 0.3) is 0 Å². The van der Waals surface area contributed by atoms with Gasteiger partial charge in [0.2, 0.25) is 5.91 Å². The predicted molar refractivity (Wildman–Crippen MR) is 87.2 cm³/mol. The summed E-state index contributed by atoms with van der Waals surface area (Å²) in [4.78, 5) is 12.1. The molecule has 0 spiro atoms. The van der Waals surface area contributed by atoms with Crippen LogP contribution in [0.1, 0.15) is 40.5 Å². The van der Waals surface area contributed by atoms with E-state index in [1.165, 1.54) is 0 Å². The maximum atomic E-state index is 12.1. The minimum Gasteiger partial charge on any atom is -0.497 e. The molecule has 1 atom stereocenters. The number of carbonyl (C=O) groups is 1. The number of methoxy groups -OCH3 is 1. The second-order valence-electron chi connectivity index (χ2n) is 6.47. The second kappa shape index (κ2) is 7.11. The molecule has 0 heterocycles. The molecule has 0 bridgehead atoms. The van der Waals surface area contributed by atoms with Crippen LogP contribution in [-0.2, 0) is 4.79 Å². The first-order valence-electron chi connectivity index (χ1n) is 6.84. The Morgan fingerprint density at radius 1 is 1.40 bits per heavy atom. The SMILES string of the molecule is COc1ccc(Br)c(NC(=O)CC(C)CC(C)(C)C)c1. The highest BCUT2D eigenvalue weighted by molar-refractivity contribution is 9.10. The largest absolute Gasteiger partial charge is 0.497 e. The van der Waals surface area contributed by atoms with Crippen molar-refractivity contribution in [2.45, 2.75) is 40.5 Å². The number of rotatable bonds is 5. The average molecular weight is 342 g/mol. The van der Waals surface area contributed by atoms with Crippen LogP contribution in [0.5, 0.6) is 5.75 Å². The molecule has 1 aromatic carbocycles. The molecule has 20 heavy (non-hydrogen) atoms. The van der Waals surface area contributed by atoms with E-state index in [1.54, 1.807) is 7.11 Å². The monoisotopic (exact) mass is 341 g/mol. The van der Waals surface area contributed by atoms with Crippen molar-refractivity contribution < 1.29 is 9.53 Å². The molecule has 0 saturated carbocycles. The zero-order valence-corrected chi connectivity index (χ0v) is 14.5. The molecule has 0 aromatic heterocycles. The highest BCUT2D eigenvalue weighted by Crippen LogP contribution is 2.29. The Morgan fingerprint density at radius 3 is 2.60 bits per heavy atom. The number of anilines is 1. The number of hydrogen-bond acceptors (Lipinski definition) is 2. The van der Waals surface area contributed by atoms with Gasteiger partial charge in [-0.3, -0.25) is 4.79 Å². The van der Waals surface area contributed by atoms with Crippen LogP contribution >= 0.6 is 15.9 Å². The number of benzene rings is 1. The van der Waals surface area contributed by atoms with Crippen LogP contribution in [0.4, 0.5) is 5.69 Å². The van der Waals surface area contributed by atoms with E-state index in [-0.39, 0.29) is 11.3 Å². The summed E-state index contributed by atoms with van der Waals surface area (Å²) in [6, 6.07) is 5.53. The van der Waals surface area contributed by atoms with Crippen molar-refractivity contribution in [2.24, 2.45) is 11.3 Å². The lowest BCUT2D eigenvalue weighted by molar-refractivity contribution is -0.117. The first-order valence-corrected chi connectivity index (χ1v) is 7.64. The van der Waals surface area contributed by atoms with E-state index in [9.17, 15) is 4.79 Å². The maximum Gasteiger partial charge on any atom is 0.224 e. The average Bonchev–Trinajstić information content (AvgIpc) is 2.29. The standard InChI is InChI=1S/C16H24BrNO2/c1-11(10-16(2,3)4)8-15(19)18-14-9-12(20-5)6-7-13(14)17/h6-7,9,11H,8,10H2,1-5H3,(H,18,19). The molecule has 3 nitrogen and oxygen atoms in total. The van der Waals surface area contributed by atoms with Gasteiger partial charge in [0.1, 0.15) is 5.75 Å². The van der Waals surface area contributed by atoms with Crippen LogP contribution in [0, 0.1) is 11.3 Å². The first kappa shape index (κ1) is 17.0. The van der Waals surface area contributed by atoms with Gasteiger partial charge in [0.15, 0.2) is 0 Å². The summed E-state index contributed by atoms with van der Waals surface area (Å²) in [5.41, 5.74) is 0.994. The number of hydrogen-bond donors (Lipinski definition) is 1. The molecule has 0 aliphatic carbocycles. The zero-order valence-electron chi connectivity index (χ0n) is 12.9. The fraction of sp³-hybridized carbons (Fsp3) is 0.562. The van der Waals surface area contributed by atoms with E-state index in [0.29, 0.717) is 12.3 Å². The van der Waals surface area contributed by atoms with E-state index < -0.39 is 0 Å². The Bertz CT molecular complexity index is 466. The minimum absolute atomic E-state index is 0.0377. The molecule has 0 aliphatic heterocycles. The van der Waals surface area contributed by atoms with E-state index >= 15 is 0 Å². The molecule has 112 valence electrons. The van der Waals surface area contributed by atoms with Crippen molar-refractivity contribution in [3.8, 4) is 5.75 Å². The van der Waals surface area contributed by atoms with Crippen molar-refractivity contribution >= 4 is 27.5 Å². The Hall–Kier alpha value is -1.03. The lowest BCUT2D eigenvalue weighted by Gasteiger charge is -2.22. The lowest BCUT2D eigenvalue weighted by Crippen LogP contribution is -2.19. The van der Waals surface area contributed by atoms with Gasteiger partial charge in [0.05, 0.1) is 12.8 Å². The Morgan fingerprint density at radius 2 is 2.05 bits per heavy atom. The topological polar surface area (TPSA) is 38.3 Å². The van der Waals surface area contributed by atoms with Crippen molar-refractivity contribution in [2.75, 3.05) is 12.4 Å². The molecule has 1 amide bonds. The third-order valence-electron chi connectivity index (χ3n) is 2.94. The number of nitrogens with one attached hydrogen (secondary N) is 1. The molecule has 0 radical (unpaired) electrons. The molecule has 1 aromatic rings. The third kappa shape index (κ3) is 5.95. The van der Waals surface area contributed by atoms with E-state index in [4.69, 9.17) is 4.74 Å². The van der Waals surface area contributed by atoms with Crippen LogP contribution in [0.3, 0.4) is 0 Å². The molecule has 1 N–H and O–H groups in total. The molecule has 1 rings (SSSR count). The van der Waals surface area contributed by atoms with Gasteiger partial charge >= 0.3 is 0 Å². The lowest BCUT2D eigenvalue weighted by atomic mass is 9.84. The third-order valence-corrected chi connectivity index (χ3v) is 3.63. The van der Waals surface area contributed by atoms with Crippen LogP contribution in [0.15, 0.2) is 22.7 Å². The van der Waals surface area contributed by atoms with E-state index in [1.807, 2.05) is 18.2 Å². The fourth-order valence-corrected chi connectivity index (χ4v) is 2.71. The summed E-state index contributed by atoms with van der Waals surface area (Å²) in [6.45, 7) is 8.70. The summed E-state index contributed by atoms with van der Waals surface area (Å²) < 4.78 is 6.02. The Kier molecular flexibility index (Phi) is 6.06. The fourth-order valence-electron chi connectivity index (χ4n) is 2.36. The highest BCUT2D eigenvalue weighted by atomic mass is 79.9. The molecule has 0 saturated heterocycles. The second-order valence-corrected chi connectivity index (χ2v) is 7.32. The molecule has 0 aliphatic rings. The van der Waals surface area contributed by atoms with Crippen LogP contribution < -0.4 is 10.1 Å². The Labute approximate surface area is 130 Å². The van der Waals surface area contributed by atoms with Gasteiger partial charge in [-0.05, 0) is 45.8 Å². The van der Waals surface area contributed by atoms with Crippen molar-refractivity contribution in [3.05, 3.63) is 22.7 Å². The Balaban J connectivity index is 2.62. The van der Waals surface area contributed by atoms with Gasteiger partial charge in [-0.1, -0.05) is 27.7 Å². The van der Waals surface area contributed by atoms with Gasteiger partial charge in [0.25, 0.3) is 0 Å². The van der Waals surface area contributed by atoms with E-state index in [2.05, 4.69) is 48.9 Å². The van der Waals surface area contributed by atoms with Gasteiger partial charge in [-0.25, -0.2) is 0 Å². The predicted octanol–water partition coefficient (Wildman–Crippen LogP) is 4.86. The van der Waals surface area contributed by atoms with Crippen molar-refractivity contribution in [1.82, 2.24) is 0 Å². The van der Waals surface area contributed by atoms with E-state index in [0.717, 1.165) is 22.3 Å². The smallest absolute Gasteiger partial charge is 0.224 e. The molecule has 4 heteroatoms. The van der Waals surface area contributed by atoms with Crippen molar-refractivity contribution in [1.29, 1.82) is 0 Å². The van der Waals surface area contributed by atoms with Gasteiger partial charge in [0, 0.05) is 17.0 Å². The van der Waals surface area contributed by atoms with Gasteiger partial charge in [-0.2, -0.15) is 0 Å². The normalized spacial score (nSPS) is 12.9. The number of amides is 1. The summed E-state index contributed by atoms with van der Waals surface area (Å²) in [7, 11) is 1.61. The van der Waals surface area contributed by atoms with Crippen molar-refractivity contribution in [3.63, 3.8) is 0 Å². The maximum absolute atomic E-state index is 12.1.